The van der Waals surface area contributed by atoms with Crippen molar-refractivity contribution in [3.05, 3.63) is 71.9 Å². The van der Waals surface area contributed by atoms with Crippen LogP contribution in [0.2, 0.25) is 0 Å². The zero-order valence-electron chi connectivity index (χ0n) is 14.3. The van der Waals surface area contributed by atoms with Crippen molar-refractivity contribution in [2.24, 2.45) is 0 Å². The Labute approximate surface area is 146 Å². The summed E-state index contributed by atoms with van der Waals surface area (Å²) in [5.41, 5.74) is 2.31. The Morgan fingerprint density at radius 1 is 1.24 bits per heavy atom. The van der Waals surface area contributed by atoms with E-state index in [4.69, 9.17) is 4.42 Å². The predicted molar refractivity (Wildman–Crippen MR) is 96.6 cm³/mol. The molecule has 6 nitrogen and oxygen atoms in total. The Morgan fingerprint density at radius 3 is 2.84 bits per heavy atom. The molecule has 0 aliphatic heterocycles. The molecule has 2 aromatic heterocycles. The van der Waals surface area contributed by atoms with Crippen LogP contribution >= 0.6 is 0 Å². The SMILES string of the molecule is CCN(C(=O)c1ccnc(NCc2ccco2)n1)c1cccc(C)c1. The summed E-state index contributed by atoms with van der Waals surface area (Å²) in [6.07, 6.45) is 3.19. The molecule has 0 aliphatic rings. The van der Waals surface area contributed by atoms with Crippen molar-refractivity contribution in [2.75, 3.05) is 16.8 Å². The second kappa shape index (κ2) is 7.61. The molecular weight excluding hydrogens is 316 g/mol. The zero-order chi connectivity index (χ0) is 17.6. The highest BCUT2D eigenvalue weighted by molar-refractivity contribution is 6.04. The number of rotatable bonds is 6. The fourth-order valence-corrected chi connectivity index (χ4v) is 2.52. The molecule has 0 atom stereocenters. The fraction of sp³-hybridized carbons (Fsp3) is 0.211. The first-order valence-corrected chi connectivity index (χ1v) is 8.15. The van der Waals surface area contributed by atoms with Gasteiger partial charge in [-0.05, 0) is 49.7 Å². The number of amides is 1. The third-order valence-corrected chi connectivity index (χ3v) is 3.75. The summed E-state index contributed by atoms with van der Waals surface area (Å²) in [6.45, 7) is 4.96. The molecule has 6 heteroatoms. The smallest absolute Gasteiger partial charge is 0.277 e. The number of carbonyl (C=O) groups excluding carboxylic acids is 1. The van der Waals surface area contributed by atoms with Crippen molar-refractivity contribution in [1.82, 2.24) is 9.97 Å². The van der Waals surface area contributed by atoms with Crippen molar-refractivity contribution in [3.63, 3.8) is 0 Å². The average molecular weight is 336 g/mol. The van der Waals surface area contributed by atoms with Crippen molar-refractivity contribution < 1.29 is 9.21 Å². The average Bonchev–Trinajstić information content (AvgIpc) is 3.14. The van der Waals surface area contributed by atoms with E-state index >= 15 is 0 Å². The van der Waals surface area contributed by atoms with E-state index in [2.05, 4.69) is 15.3 Å². The van der Waals surface area contributed by atoms with E-state index in [-0.39, 0.29) is 5.91 Å². The van der Waals surface area contributed by atoms with E-state index in [9.17, 15) is 4.79 Å². The molecule has 1 amide bonds. The van der Waals surface area contributed by atoms with E-state index < -0.39 is 0 Å². The molecule has 0 bridgehead atoms. The van der Waals surface area contributed by atoms with E-state index in [0.29, 0.717) is 24.7 Å². The molecule has 1 N–H and O–H groups in total. The molecule has 0 unspecified atom stereocenters. The van der Waals surface area contributed by atoms with Gasteiger partial charge in [-0.3, -0.25) is 4.79 Å². The summed E-state index contributed by atoms with van der Waals surface area (Å²) >= 11 is 0. The number of furan rings is 1. The number of benzene rings is 1. The van der Waals surface area contributed by atoms with E-state index in [0.717, 1.165) is 17.0 Å². The standard InChI is InChI=1S/C19H20N4O2/c1-3-23(15-7-4-6-14(2)12-15)18(24)17-9-10-20-19(22-17)21-13-16-8-5-11-25-16/h4-12H,3,13H2,1-2H3,(H,20,21,22). The minimum Gasteiger partial charge on any atom is -0.467 e. The molecule has 3 aromatic rings. The number of nitrogens with zero attached hydrogens (tertiary/aromatic N) is 3. The topological polar surface area (TPSA) is 71.3 Å². The Balaban J connectivity index is 1.77. The minimum atomic E-state index is -0.156. The Morgan fingerprint density at radius 2 is 2.12 bits per heavy atom. The number of anilines is 2. The molecule has 0 saturated heterocycles. The van der Waals surface area contributed by atoms with Crippen molar-refractivity contribution in [3.8, 4) is 0 Å². The molecule has 25 heavy (non-hydrogen) atoms. The Hall–Kier alpha value is -3.15. The molecule has 128 valence electrons. The van der Waals surface area contributed by atoms with Gasteiger partial charge in [0.2, 0.25) is 5.95 Å². The predicted octanol–water partition coefficient (Wildman–Crippen LogP) is 3.66. The molecule has 0 saturated carbocycles. The lowest BCUT2D eigenvalue weighted by Gasteiger charge is -2.21. The van der Waals surface area contributed by atoms with Gasteiger partial charge in [-0.15, -0.1) is 0 Å². The van der Waals surface area contributed by atoms with Gasteiger partial charge in [-0.2, -0.15) is 0 Å². The molecular formula is C19H20N4O2. The summed E-state index contributed by atoms with van der Waals surface area (Å²) in [7, 11) is 0. The highest BCUT2D eigenvalue weighted by Gasteiger charge is 2.18. The summed E-state index contributed by atoms with van der Waals surface area (Å²) < 4.78 is 5.26. The molecule has 0 aliphatic carbocycles. The van der Waals surface area contributed by atoms with Crippen molar-refractivity contribution in [2.45, 2.75) is 20.4 Å². The first kappa shape index (κ1) is 16.7. The van der Waals surface area contributed by atoms with Gasteiger partial charge in [-0.25, -0.2) is 9.97 Å². The molecule has 0 radical (unpaired) electrons. The second-order valence-corrected chi connectivity index (χ2v) is 5.59. The van der Waals surface area contributed by atoms with E-state index in [1.54, 1.807) is 23.4 Å². The number of nitrogens with one attached hydrogen (secondary N) is 1. The highest BCUT2D eigenvalue weighted by atomic mass is 16.3. The van der Waals surface area contributed by atoms with Gasteiger partial charge in [0.25, 0.3) is 5.91 Å². The van der Waals surface area contributed by atoms with Crippen LogP contribution in [-0.4, -0.2) is 22.4 Å². The van der Waals surface area contributed by atoms with Crippen LogP contribution in [0.25, 0.3) is 0 Å². The van der Waals surface area contributed by atoms with Crippen LogP contribution in [0.4, 0.5) is 11.6 Å². The maximum absolute atomic E-state index is 12.9. The summed E-state index contributed by atoms with van der Waals surface area (Å²) in [6, 6.07) is 13.2. The van der Waals surface area contributed by atoms with E-state index in [1.165, 1.54) is 0 Å². The Bertz CT molecular complexity index is 846. The summed E-state index contributed by atoms with van der Waals surface area (Å²) in [4.78, 5) is 23.1. The number of aryl methyl sites for hydroxylation is 1. The minimum absolute atomic E-state index is 0.156. The quantitative estimate of drug-likeness (QED) is 0.744. The van der Waals surface area contributed by atoms with Gasteiger partial charge in [0.15, 0.2) is 0 Å². The second-order valence-electron chi connectivity index (χ2n) is 5.59. The van der Waals surface area contributed by atoms with Crippen LogP contribution in [-0.2, 0) is 6.54 Å². The van der Waals surface area contributed by atoms with E-state index in [1.807, 2.05) is 50.2 Å². The number of aromatic nitrogens is 2. The van der Waals surface area contributed by atoms with Gasteiger partial charge in [0.05, 0.1) is 12.8 Å². The largest absolute Gasteiger partial charge is 0.467 e. The molecule has 0 spiro atoms. The Kier molecular flexibility index (Phi) is 5.09. The van der Waals surface area contributed by atoms with Crippen LogP contribution in [0, 0.1) is 6.92 Å². The van der Waals surface area contributed by atoms with Crippen molar-refractivity contribution >= 4 is 17.5 Å². The first-order valence-electron chi connectivity index (χ1n) is 8.15. The summed E-state index contributed by atoms with van der Waals surface area (Å²) in [5, 5.41) is 3.06. The third kappa shape index (κ3) is 4.03. The molecule has 2 heterocycles. The highest BCUT2D eigenvalue weighted by Crippen LogP contribution is 2.18. The first-order chi connectivity index (χ1) is 12.2. The normalized spacial score (nSPS) is 10.5. The fourth-order valence-electron chi connectivity index (χ4n) is 2.52. The van der Waals surface area contributed by atoms with Crippen molar-refractivity contribution in [1.29, 1.82) is 0 Å². The summed E-state index contributed by atoms with van der Waals surface area (Å²) in [5.74, 6) is 1.01. The van der Waals surface area contributed by atoms with Crippen LogP contribution in [0.15, 0.2) is 59.3 Å². The lowest BCUT2D eigenvalue weighted by molar-refractivity contribution is 0.0983. The monoisotopic (exact) mass is 336 g/mol. The molecule has 3 rings (SSSR count). The number of hydrogen-bond acceptors (Lipinski definition) is 5. The molecule has 0 fully saturated rings. The van der Waals surface area contributed by atoms with Gasteiger partial charge in [0, 0.05) is 18.4 Å². The number of hydrogen-bond donors (Lipinski definition) is 1. The van der Waals surface area contributed by atoms with Crippen LogP contribution < -0.4 is 10.2 Å². The van der Waals surface area contributed by atoms with Gasteiger partial charge in [0.1, 0.15) is 11.5 Å². The van der Waals surface area contributed by atoms with Crippen LogP contribution in [0.5, 0.6) is 0 Å². The van der Waals surface area contributed by atoms with Gasteiger partial charge >= 0.3 is 0 Å². The molecule has 1 aromatic carbocycles. The van der Waals surface area contributed by atoms with Gasteiger partial charge in [-0.1, -0.05) is 12.1 Å². The van der Waals surface area contributed by atoms with Crippen LogP contribution in [0.3, 0.4) is 0 Å². The lowest BCUT2D eigenvalue weighted by atomic mass is 10.2. The lowest BCUT2D eigenvalue weighted by Crippen LogP contribution is -2.31. The van der Waals surface area contributed by atoms with Crippen LogP contribution in [0.1, 0.15) is 28.7 Å². The van der Waals surface area contributed by atoms with Gasteiger partial charge < -0.3 is 14.6 Å². The third-order valence-electron chi connectivity index (χ3n) is 3.75. The maximum Gasteiger partial charge on any atom is 0.277 e. The zero-order valence-corrected chi connectivity index (χ0v) is 14.3. The maximum atomic E-state index is 12.9. The number of carbonyl (C=O) groups is 1.